The van der Waals surface area contributed by atoms with Gasteiger partial charge in [-0.3, -0.25) is 0 Å². The third-order valence-electron chi connectivity index (χ3n) is 6.80. The van der Waals surface area contributed by atoms with Crippen LogP contribution in [-0.2, 0) is 22.4 Å². The van der Waals surface area contributed by atoms with Gasteiger partial charge in [-0.15, -0.1) is 65.2 Å². The Balaban J connectivity index is 0.00000302. The molecule has 0 atom stereocenters. The quantitative estimate of drug-likeness (QED) is 0.132. The first kappa shape index (κ1) is 26.6. The zero-order valence-corrected chi connectivity index (χ0v) is 24.2. The maximum absolute atomic E-state index is 6.15. The molecule has 200 valence electrons. The molecule has 5 aromatic carbocycles. The summed E-state index contributed by atoms with van der Waals surface area (Å²) < 4.78 is 12.1. The van der Waals surface area contributed by atoms with Gasteiger partial charge in [0.1, 0.15) is 0 Å². The molecule has 0 aliphatic carbocycles. The van der Waals surface area contributed by atoms with Gasteiger partial charge in [0.05, 0.1) is 11.4 Å². The number of benzene rings is 5. The van der Waals surface area contributed by atoms with Crippen molar-refractivity contribution in [2.24, 2.45) is 0 Å². The molecule has 0 saturated heterocycles. The monoisotopic (exact) mass is 712 g/mol. The fourth-order valence-corrected chi connectivity index (χ4v) is 4.85. The number of para-hydroxylation sites is 5. The minimum atomic E-state index is 0. The maximum atomic E-state index is 6.15. The van der Waals surface area contributed by atoms with E-state index in [1.54, 1.807) is 0 Å². The SMILES string of the molecule is Cc1ccc(Oc2[c-]cccc2)[c-]c1-c1cccc(-c2[c-]cc(N3c4ccccc4Oc4ccccc43)cc2)n1.[Au+3]. The van der Waals surface area contributed by atoms with E-state index in [1.165, 1.54) is 0 Å². The van der Waals surface area contributed by atoms with Crippen molar-refractivity contribution in [1.29, 1.82) is 0 Å². The van der Waals surface area contributed by atoms with Crippen LogP contribution < -0.4 is 14.4 Å². The molecule has 0 N–H and O–H groups in total. The summed E-state index contributed by atoms with van der Waals surface area (Å²) >= 11 is 0. The van der Waals surface area contributed by atoms with E-state index >= 15 is 0 Å². The van der Waals surface area contributed by atoms with Crippen LogP contribution in [0, 0.1) is 25.1 Å². The molecule has 0 spiro atoms. The van der Waals surface area contributed by atoms with Gasteiger partial charge >= 0.3 is 22.4 Å². The van der Waals surface area contributed by atoms with Crippen molar-refractivity contribution in [3.63, 3.8) is 0 Å². The molecule has 2 heterocycles. The molecule has 41 heavy (non-hydrogen) atoms. The number of hydrogen-bond acceptors (Lipinski definition) is 4. The van der Waals surface area contributed by atoms with Gasteiger partial charge in [-0.05, 0) is 41.3 Å². The Morgan fingerprint density at radius 3 is 2.12 bits per heavy atom. The van der Waals surface area contributed by atoms with Crippen molar-refractivity contribution >= 4 is 17.1 Å². The van der Waals surface area contributed by atoms with Crippen LogP contribution in [0.4, 0.5) is 17.1 Å². The number of ether oxygens (including phenoxy) is 2. The van der Waals surface area contributed by atoms with Crippen LogP contribution in [0.5, 0.6) is 23.0 Å². The van der Waals surface area contributed by atoms with Crippen LogP contribution >= 0.6 is 0 Å². The summed E-state index contributed by atoms with van der Waals surface area (Å²) in [6.07, 6.45) is 0. The number of fused-ring (bicyclic) bond motifs is 2. The van der Waals surface area contributed by atoms with Crippen LogP contribution in [0.3, 0.4) is 0 Å². The average Bonchev–Trinajstić information content (AvgIpc) is 3.01. The van der Waals surface area contributed by atoms with Gasteiger partial charge in [0, 0.05) is 11.5 Å². The first-order chi connectivity index (χ1) is 19.7. The summed E-state index contributed by atoms with van der Waals surface area (Å²) in [5.74, 6) is 2.91. The predicted molar refractivity (Wildman–Crippen MR) is 158 cm³/mol. The Morgan fingerprint density at radius 2 is 1.41 bits per heavy atom. The molecular weight excluding hydrogens is 689 g/mol. The Bertz CT molecular complexity index is 1780. The zero-order chi connectivity index (χ0) is 26.9. The molecule has 1 aliphatic heterocycles. The molecule has 0 fully saturated rings. The van der Waals surface area contributed by atoms with E-state index in [2.05, 4.69) is 54.3 Å². The zero-order valence-electron chi connectivity index (χ0n) is 22.1. The molecule has 6 aromatic rings. The molecule has 0 saturated carbocycles. The normalized spacial score (nSPS) is 11.5. The molecule has 1 aliphatic rings. The molecule has 0 amide bonds. The van der Waals surface area contributed by atoms with Gasteiger partial charge in [-0.2, -0.15) is 18.2 Å². The van der Waals surface area contributed by atoms with Gasteiger partial charge in [0.15, 0.2) is 11.5 Å². The van der Waals surface area contributed by atoms with Gasteiger partial charge < -0.3 is 19.4 Å². The van der Waals surface area contributed by atoms with E-state index in [0.717, 1.165) is 56.6 Å². The number of pyridine rings is 1. The molecule has 0 bridgehead atoms. The van der Waals surface area contributed by atoms with Crippen molar-refractivity contribution in [2.45, 2.75) is 6.92 Å². The maximum Gasteiger partial charge on any atom is 3.00 e. The summed E-state index contributed by atoms with van der Waals surface area (Å²) in [6, 6.07) is 49.7. The minimum absolute atomic E-state index is 0. The van der Waals surface area contributed by atoms with E-state index in [-0.39, 0.29) is 22.4 Å². The summed E-state index contributed by atoms with van der Waals surface area (Å²) in [7, 11) is 0. The number of rotatable bonds is 5. The third kappa shape index (κ3) is 5.29. The summed E-state index contributed by atoms with van der Waals surface area (Å²) in [6.45, 7) is 2.05. The van der Waals surface area contributed by atoms with E-state index in [4.69, 9.17) is 14.5 Å². The number of hydrogen-bond donors (Lipinski definition) is 0. The number of anilines is 3. The van der Waals surface area contributed by atoms with Gasteiger partial charge in [0.25, 0.3) is 0 Å². The summed E-state index contributed by atoms with van der Waals surface area (Å²) in [4.78, 5) is 7.18. The summed E-state index contributed by atoms with van der Waals surface area (Å²) in [5, 5.41) is 0. The second kappa shape index (κ2) is 11.5. The van der Waals surface area contributed by atoms with E-state index in [9.17, 15) is 0 Å². The Hall–Kier alpha value is -4.61. The van der Waals surface area contributed by atoms with Crippen LogP contribution in [0.2, 0.25) is 0 Å². The number of aromatic nitrogens is 1. The average molecular weight is 713 g/mol. The van der Waals surface area contributed by atoms with Crippen molar-refractivity contribution in [2.75, 3.05) is 4.90 Å². The fraction of sp³-hybridized carbons (Fsp3) is 0.0278. The molecule has 0 unspecified atom stereocenters. The largest absolute Gasteiger partial charge is 3.00 e. The predicted octanol–water partition coefficient (Wildman–Crippen LogP) is 9.49. The fourth-order valence-electron chi connectivity index (χ4n) is 4.85. The molecule has 5 heteroatoms. The van der Waals surface area contributed by atoms with Crippen LogP contribution in [-0.4, -0.2) is 4.98 Å². The Labute approximate surface area is 255 Å². The smallest absolute Gasteiger partial charge is 0.503 e. The second-order valence-electron chi connectivity index (χ2n) is 9.45. The van der Waals surface area contributed by atoms with Crippen LogP contribution in [0.25, 0.3) is 22.5 Å². The van der Waals surface area contributed by atoms with E-state index in [1.807, 2.05) is 97.1 Å². The van der Waals surface area contributed by atoms with Gasteiger partial charge in [-0.25, -0.2) is 0 Å². The molecule has 4 nitrogen and oxygen atoms in total. The Morgan fingerprint density at radius 1 is 0.683 bits per heavy atom. The van der Waals surface area contributed by atoms with Crippen molar-refractivity contribution < 1.29 is 31.9 Å². The molecule has 7 rings (SSSR count). The van der Waals surface area contributed by atoms with Crippen molar-refractivity contribution in [3.05, 3.63) is 145 Å². The standard InChI is InChI=1S/C36H23N2O2.Au/c1-25-18-23-29(39-28-10-3-2-4-11-28)24-30(25)32-13-9-12-31(37-32)26-19-21-27(22-20-26)38-33-14-5-7-16-35(33)40-36-17-8-6-15-34(36)38;/h2-10,12-19,21-23H,1H3;/q-3;+3. The van der Waals surface area contributed by atoms with Crippen molar-refractivity contribution in [3.8, 4) is 45.5 Å². The minimum Gasteiger partial charge on any atom is -0.503 e. The molecular formula is C36H23AuN2O2. The number of nitrogens with zero attached hydrogens (tertiary/aromatic N) is 2. The molecule has 0 radical (unpaired) electrons. The van der Waals surface area contributed by atoms with Gasteiger partial charge in [-0.1, -0.05) is 55.5 Å². The van der Waals surface area contributed by atoms with E-state index < -0.39 is 0 Å². The third-order valence-corrected chi connectivity index (χ3v) is 6.80. The number of aryl methyl sites for hydroxylation is 1. The topological polar surface area (TPSA) is 34.6 Å². The van der Waals surface area contributed by atoms with Crippen molar-refractivity contribution in [1.82, 2.24) is 4.98 Å². The van der Waals surface area contributed by atoms with Gasteiger partial charge in [0.2, 0.25) is 0 Å². The van der Waals surface area contributed by atoms with Crippen LogP contribution in [0.1, 0.15) is 5.56 Å². The molecule has 1 aromatic heterocycles. The Kier molecular flexibility index (Phi) is 7.45. The first-order valence-electron chi connectivity index (χ1n) is 13.1. The van der Waals surface area contributed by atoms with Crippen LogP contribution in [0.15, 0.2) is 121 Å². The summed E-state index contributed by atoms with van der Waals surface area (Å²) in [5.41, 5.74) is 7.51. The second-order valence-corrected chi connectivity index (χ2v) is 9.45. The van der Waals surface area contributed by atoms with E-state index in [0.29, 0.717) is 11.5 Å². The first-order valence-corrected chi connectivity index (χ1v) is 13.1.